The van der Waals surface area contributed by atoms with Crippen LogP contribution in [0.15, 0.2) is 0 Å². The van der Waals surface area contributed by atoms with Crippen molar-refractivity contribution in [2.75, 3.05) is 19.7 Å². The molecule has 68 valence electrons. The standard InChI is InChI=1S/C10H17NO/c12-7-10-3-9(4-10)6-11(10)5-8-1-2-8/h8-9,12H,1-7H2. The van der Waals surface area contributed by atoms with Gasteiger partial charge >= 0.3 is 0 Å². The van der Waals surface area contributed by atoms with E-state index in [4.69, 9.17) is 0 Å². The van der Waals surface area contributed by atoms with Crippen LogP contribution in [0.5, 0.6) is 0 Å². The van der Waals surface area contributed by atoms with Crippen LogP contribution in [-0.2, 0) is 0 Å². The van der Waals surface area contributed by atoms with E-state index >= 15 is 0 Å². The van der Waals surface area contributed by atoms with Gasteiger partial charge in [0, 0.05) is 18.6 Å². The van der Waals surface area contributed by atoms with E-state index in [-0.39, 0.29) is 5.54 Å². The van der Waals surface area contributed by atoms with Crippen LogP contribution >= 0.6 is 0 Å². The van der Waals surface area contributed by atoms with Gasteiger partial charge in [-0.3, -0.25) is 4.90 Å². The summed E-state index contributed by atoms with van der Waals surface area (Å²) in [5.41, 5.74) is 0.257. The topological polar surface area (TPSA) is 23.5 Å². The maximum absolute atomic E-state index is 9.33. The molecule has 2 saturated carbocycles. The monoisotopic (exact) mass is 167 g/mol. The molecule has 4 rings (SSSR count). The van der Waals surface area contributed by atoms with E-state index in [1.807, 2.05) is 0 Å². The van der Waals surface area contributed by atoms with Crippen LogP contribution in [0.25, 0.3) is 0 Å². The predicted octanol–water partition coefficient (Wildman–Crippen LogP) is 0.853. The molecule has 2 heterocycles. The molecule has 0 atom stereocenters. The Labute approximate surface area is 73.6 Å². The van der Waals surface area contributed by atoms with Crippen LogP contribution < -0.4 is 0 Å². The van der Waals surface area contributed by atoms with Crippen molar-refractivity contribution in [1.29, 1.82) is 0 Å². The lowest BCUT2D eigenvalue weighted by Gasteiger charge is -2.41. The summed E-state index contributed by atoms with van der Waals surface area (Å²) in [6, 6.07) is 0. The highest BCUT2D eigenvalue weighted by Crippen LogP contribution is 2.51. The highest BCUT2D eigenvalue weighted by molar-refractivity contribution is 5.10. The molecule has 1 N–H and O–H groups in total. The molecule has 2 bridgehead atoms. The van der Waals surface area contributed by atoms with Gasteiger partial charge in [-0.15, -0.1) is 0 Å². The maximum atomic E-state index is 9.33. The van der Waals surface area contributed by atoms with Crippen LogP contribution in [0.4, 0.5) is 0 Å². The number of aliphatic hydroxyl groups is 1. The Kier molecular flexibility index (Phi) is 1.37. The van der Waals surface area contributed by atoms with Gasteiger partial charge in [0.2, 0.25) is 0 Å². The van der Waals surface area contributed by atoms with Crippen LogP contribution in [0.1, 0.15) is 25.7 Å². The first-order valence-corrected chi connectivity index (χ1v) is 5.18. The van der Waals surface area contributed by atoms with Crippen molar-refractivity contribution < 1.29 is 5.11 Å². The second-order valence-electron chi connectivity index (χ2n) is 5.01. The van der Waals surface area contributed by atoms with Crippen molar-refractivity contribution in [2.24, 2.45) is 11.8 Å². The SMILES string of the molecule is OCC12CC(CN1CC1CC1)C2. The lowest BCUT2D eigenvalue weighted by atomic mass is 9.74. The van der Waals surface area contributed by atoms with Gasteiger partial charge in [0.25, 0.3) is 0 Å². The van der Waals surface area contributed by atoms with E-state index in [0.29, 0.717) is 6.61 Å². The fraction of sp³-hybridized carbons (Fsp3) is 1.00. The molecule has 2 nitrogen and oxygen atoms in total. The van der Waals surface area contributed by atoms with Gasteiger partial charge in [-0.05, 0) is 37.5 Å². The predicted molar refractivity (Wildman–Crippen MR) is 46.8 cm³/mol. The number of fused-ring (bicyclic) bond motifs is 1. The summed E-state index contributed by atoms with van der Waals surface area (Å²) in [5, 5.41) is 9.33. The number of aliphatic hydroxyl groups excluding tert-OH is 1. The molecule has 0 spiro atoms. The van der Waals surface area contributed by atoms with Crippen LogP contribution in [0.3, 0.4) is 0 Å². The number of nitrogens with zero attached hydrogens (tertiary/aromatic N) is 1. The highest BCUT2D eigenvalue weighted by atomic mass is 16.3. The van der Waals surface area contributed by atoms with Crippen LogP contribution in [0.2, 0.25) is 0 Å². The molecule has 2 aliphatic carbocycles. The smallest absolute Gasteiger partial charge is 0.0615 e. The normalized spacial score (nSPS) is 46.2. The zero-order valence-corrected chi connectivity index (χ0v) is 7.50. The summed E-state index contributed by atoms with van der Waals surface area (Å²) in [6.45, 7) is 2.95. The van der Waals surface area contributed by atoms with Gasteiger partial charge < -0.3 is 5.11 Å². The van der Waals surface area contributed by atoms with E-state index in [9.17, 15) is 5.11 Å². The molecule has 12 heavy (non-hydrogen) atoms. The molecular formula is C10H17NO. The Morgan fingerprint density at radius 2 is 2.08 bits per heavy atom. The van der Waals surface area contributed by atoms with E-state index in [1.165, 1.54) is 38.8 Å². The van der Waals surface area contributed by atoms with E-state index in [0.717, 1.165) is 11.8 Å². The van der Waals surface area contributed by atoms with Gasteiger partial charge in [-0.25, -0.2) is 0 Å². The van der Waals surface area contributed by atoms with Crippen molar-refractivity contribution >= 4 is 0 Å². The molecule has 4 fully saturated rings. The molecule has 0 amide bonds. The molecule has 2 heteroatoms. The Bertz CT molecular complexity index is 194. The molecule has 2 aliphatic heterocycles. The molecule has 0 aromatic carbocycles. The fourth-order valence-corrected chi connectivity index (χ4v) is 3.02. The molecular weight excluding hydrogens is 150 g/mol. The van der Waals surface area contributed by atoms with Crippen LogP contribution in [0, 0.1) is 11.8 Å². The lowest BCUT2D eigenvalue weighted by molar-refractivity contribution is 0.0354. The average Bonchev–Trinajstić information content (AvgIpc) is 2.62. The quantitative estimate of drug-likeness (QED) is 0.673. The zero-order valence-electron chi connectivity index (χ0n) is 7.50. The number of hydrogen-bond acceptors (Lipinski definition) is 2. The molecule has 0 aromatic rings. The third kappa shape index (κ3) is 0.882. The second kappa shape index (κ2) is 2.24. The van der Waals surface area contributed by atoms with Crippen molar-refractivity contribution in [2.45, 2.75) is 31.2 Å². The maximum Gasteiger partial charge on any atom is 0.0615 e. The zero-order chi connectivity index (χ0) is 8.18. The molecule has 2 saturated heterocycles. The number of hydrogen-bond donors (Lipinski definition) is 1. The minimum Gasteiger partial charge on any atom is -0.394 e. The second-order valence-corrected chi connectivity index (χ2v) is 5.01. The lowest BCUT2D eigenvalue weighted by Crippen LogP contribution is -2.49. The first-order valence-electron chi connectivity index (χ1n) is 5.18. The highest BCUT2D eigenvalue weighted by Gasteiger charge is 2.55. The summed E-state index contributed by atoms with van der Waals surface area (Å²) < 4.78 is 0. The van der Waals surface area contributed by atoms with Gasteiger partial charge in [0.1, 0.15) is 0 Å². The third-order valence-electron chi connectivity index (χ3n) is 3.96. The van der Waals surface area contributed by atoms with Gasteiger partial charge in [0.05, 0.1) is 6.61 Å². The molecule has 4 aliphatic rings. The molecule has 0 aromatic heterocycles. The Balaban J connectivity index is 1.69. The van der Waals surface area contributed by atoms with Crippen molar-refractivity contribution in [3.8, 4) is 0 Å². The largest absolute Gasteiger partial charge is 0.394 e. The average molecular weight is 167 g/mol. The fourth-order valence-electron chi connectivity index (χ4n) is 3.02. The number of rotatable bonds is 3. The Morgan fingerprint density at radius 1 is 1.33 bits per heavy atom. The third-order valence-corrected chi connectivity index (χ3v) is 3.96. The summed E-state index contributed by atoms with van der Waals surface area (Å²) in [7, 11) is 0. The van der Waals surface area contributed by atoms with E-state index in [2.05, 4.69) is 4.90 Å². The Hall–Kier alpha value is -0.0800. The van der Waals surface area contributed by atoms with Gasteiger partial charge in [0.15, 0.2) is 0 Å². The summed E-state index contributed by atoms with van der Waals surface area (Å²) in [5.74, 6) is 1.91. The first kappa shape index (κ1) is 7.34. The van der Waals surface area contributed by atoms with E-state index < -0.39 is 0 Å². The minimum atomic E-state index is 0.257. The first-order chi connectivity index (χ1) is 5.82. The van der Waals surface area contributed by atoms with Gasteiger partial charge in [-0.2, -0.15) is 0 Å². The Morgan fingerprint density at radius 3 is 2.67 bits per heavy atom. The minimum absolute atomic E-state index is 0.257. The summed E-state index contributed by atoms with van der Waals surface area (Å²) in [6.07, 6.45) is 5.41. The van der Waals surface area contributed by atoms with E-state index in [1.54, 1.807) is 0 Å². The van der Waals surface area contributed by atoms with Gasteiger partial charge in [-0.1, -0.05) is 0 Å². The van der Waals surface area contributed by atoms with Crippen molar-refractivity contribution in [1.82, 2.24) is 4.90 Å². The van der Waals surface area contributed by atoms with Crippen LogP contribution in [-0.4, -0.2) is 35.2 Å². The molecule has 0 unspecified atom stereocenters. The summed E-state index contributed by atoms with van der Waals surface area (Å²) >= 11 is 0. The molecule has 0 radical (unpaired) electrons. The van der Waals surface area contributed by atoms with Crippen molar-refractivity contribution in [3.63, 3.8) is 0 Å². The van der Waals surface area contributed by atoms with Crippen molar-refractivity contribution in [3.05, 3.63) is 0 Å². The summed E-state index contributed by atoms with van der Waals surface area (Å²) in [4.78, 5) is 2.56.